The number of carbonyl (C=O) groups is 1. The number of benzene rings is 2. The van der Waals surface area contributed by atoms with E-state index in [0.717, 1.165) is 18.8 Å². The van der Waals surface area contributed by atoms with E-state index in [9.17, 15) is 14.0 Å². The second-order valence-corrected chi connectivity index (χ2v) is 8.42. The average Bonchev–Trinajstić information content (AvgIpc) is 2.77. The smallest absolute Gasteiger partial charge is 0.257 e. The Labute approximate surface area is 186 Å². The van der Waals surface area contributed by atoms with E-state index in [-0.39, 0.29) is 23.7 Å². The predicted octanol–water partition coefficient (Wildman–Crippen LogP) is 3.70. The largest absolute Gasteiger partial charge is 0.322 e. The molecule has 32 heavy (non-hydrogen) atoms. The van der Waals surface area contributed by atoms with E-state index >= 15 is 0 Å². The first kappa shape index (κ1) is 21.9. The Hall–Kier alpha value is -3.32. The van der Waals surface area contributed by atoms with Crippen molar-refractivity contribution in [3.05, 3.63) is 93.4 Å². The second kappa shape index (κ2) is 9.44. The van der Waals surface area contributed by atoms with Crippen molar-refractivity contribution in [2.75, 3.05) is 11.9 Å². The quantitative estimate of drug-likeness (QED) is 0.642. The van der Waals surface area contributed by atoms with Crippen LogP contribution in [0, 0.1) is 5.82 Å². The van der Waals surface area contributed by atoms with Crippen molar-refractivity contribution >= 4 is 11.6 Å². The highest BCUT2D eigenvalue weighted by molar-refractivity contribution is 5.90. The van der Waals surface area contributed by atoms with Crippen LogP contribution >= 0.6 is 0 Å². The zero-order chi connectivity index (χ0) is 22.7. The summed E-state index contributed by atoms with van der Waals surface area (Å²) in [6.45, 7) is 5.85. The summed E-state index contributed by atoms with van der Waals surface area (Å²) < 4.78 is 15.3. The van der Waals surface area contributed by atoms with Crippen LogP contribution in [0.25, 0.3) is 0 Å². The lowest BCUT2D eigenvalue weighted by atomic mass is 10.0. The SMILES string of the molecule is CC(C)c1nc2c(c(=O)n1CC(=O)Nc1ccccc1F)CCN(Cc1ccccc1)C2. The number of fused-ring (bicyclic) bond motifs is 1. The molecule has 1 amide bonds. The van der Waals surface area contributed by atoms with E-state index < -0.39 is 11.7 Å². The molecule has 0 aliphatic carbocycles. The van der Waals surface area contributed by atoms with Gasteiger partial charge < -0.3 is 5.32 Å². The minimum atomic E-state index is -0.514. The van der Waals surface area contributed by atoms with E-state index in [0.29, 0.717) is 24.4 Å². The second-order valence-electron chi connectivity index (χ2n) is 8.42. The van der Waals surface area contributed by atoms with E-state index in [2.05, 4.69) is 22.3 Å². The molecule has 1 aliphatic rings. The number of aromatic nitrogens is 2. The summed E-state index contributed by atoms with van der Waals surface area (Å²) >= 11 is 0. The van der Waals surface area contributed by atoms with Gasteiger partial charge in [-0.1, -0.05) is 56.3 Å². The summed E-state index contributed by atoms with van der Waals surface area (Å²) in [4.78, 5) is 33.0. The molecular formula is C25H27FN4O2. The summed E-state index contributed by atoms with van der Waals surface area (Å²) in [6.07, 6.45) is 0.585. The molecule has 7 heteroatoms. The number of anilines is 1. The summed E-state index contributed by atoms with van der Waals surface area (Å²) in [6, 6.07) is 16.2. The standard InChI is InChI=1S/C25H27FN4O2/c1-17(2)24-28-22-15-29(14-18-8-4-3-5-9-18)13-12-19(22)25(32)30(24)16-23(31)27-21-11-7-6-10-20(21)26/h3-11,17H,12-16H2,1-2H3,(H,27,31). The van der Waals surface area contributed by atoms with Crippen LogP contribution in [0.15, 0.2) is 59.4 Å². The molecule has 0 spiro atoms. The number of hydrogen-bond donors (Lipinski definition) is 1. The first-order valence-corrected chi connectivity index (χ1v) is 10.9. The van der Waals surface area contributed by atoms with Gasteiger partial charge in [-0.25, -0.2) is 9.37 Å². The molecule has 0 saturated carbocycles. The third-order valence-electron chi connectivity index (χ3n) is 5.64. The number of rotatable bonds is 6. The third-order valence-corrected chi connectivity index (χ3v) is 5.64. The number of para-hydroxylation sites is 1. The van der Waals surface area contributed by atoms with Gasteiger partial charge in [0.25, 0.3) is 5.56 Å². The third kappa shape index (κ3) is 4.78. The van der Waals surface area contributed by atoms with Crippen LogP contribution < -0.4 is 10.9 Å². The molecule has 6 nitrogen and oxygen atoms in total. The van der Waals surface area contributed by atoms with Gasteiger partial charge in [-0.15, -0.1) is 0 Å². The monoisotopic (exact) mass is 434 g/mol. The highest BCUT2D eigenvalue weighted by atomic mass is 19.1. The lowest BCUT2D eigenvalue weighted by molar-refractivity contribution is -0.116. The first-order chi connectivity index (χ1) is 15.4. The Balaban J connectivity index is 1.57. The van der Waals surface area contributed by atoms with Gasteiger partial charge >= 0.3 is 0 Å². The van der Waals surface area contributed by atoms with Crippen molar-refractivity contribution in [1.29, 1.82) is 0 Å². The van der Waals surface area contributed by atoms with Gasteiger partial charge in [0, 0.05) is 31.1 Å². The van der Waals surface area contributed by atoms with Crippen molar-refractivity contribution < 1.29 is 9.18 Å². The molecule has 0 bridgehead atoms. The molecule has 3 aromatic rings. The van der Waals surface area contributed by atoms with Crippen molar-refractivity contribution in [1.82, 2.24) is 14.5 Å². The Morgan fingerprint density at radius 3 is 2.56 bits per heavy atom. The molecule has 1 aromatic heterocycles. The molecule has 1 N–H and O–H groups in total. The maximum Gasteiger partial charge on any atom is 0.257 e. The van der Waals surface area contributed by atoms with E-state index in [1.165, 1.54) is 22.3 Å². The van der Waals surface area contributed by atoms with Gasteiger partial charge in [-0.05, 0) is 24.1 Å². The zero-order valence-corrected chi connectivity index (χ0v) is 18.3. The Morgan fingerprint density at radius 2 is 1.84 bits per heavy atom. The Kier molecular flexibility index (Phi) is 6.46. The first-order valence-electron chi connectivity index (χ1n) is 10.9. The molecule has 0 atom stereocenters. The fraction of sp³-hybridized carbons (Fsp3) is 0.320. The number of carbonyl (C=O) groups excluding carboxylic acids is 1. The molecule has 0 radical (unpaired) electrons. The summed E-state index contributed by atoms with van der Waals surface area (Å²) in [5.41, 5.74) is 2.59. The molecule has 4 rings (SSSR count). The highest BCUT2D eigenvalue weighted by Crippen LogP contribution is 2.20. The minimum Gasteiger partial charge on any atom is -0.322 e. The lowest BCUT2D eigenvalue weighted by Crippen LogP contribution is -2.40. The number of amides is 1. The van der Waals surface area contributed by atoms with Gasteiger partial charge in [-0.2, -0.15) is 0 Å². The number of nitrogens with one attached hydrogen (secondary N) is 1. The van der Waals surface area contributed by atoms with Gasteiger partial charge in [0.1, 0.15) is 18.2 Å². The Morgan fingerprint density at radius 1 is 1.12 bits per heavy atom. The molecular weight excluding hydrogens is 407 g/mol. The predicted molar refractivity (Wildman–Crippen MR) is 122 cm³/mol. The van der Waals surface area contributed by atoms with Crippen molar-refractivity contribution in [3.8, 4) is 0 Å². The van der Waals surface area contributed by atoms with Crippen LogP contribution in [0.1, 0.15) is 42.4 Å². The average molecular weight is 435 g/mol. The highest BCUT2D eigenvalue weighted by Gasteiger charge is 2.25. The summed E-state index contributed by atoms with van der Waals surface area (Å²) in [5.74, 6) is -0.445. The number of halogens is 1. The summed E-state index contributed by atoms with van der Waals surface area (Å²) in [7, 11) is 0. The van der Waals surface area contributed by atoms with Crippen LogP contribution in [0.4, 0.5) is 10.1 Å². The molecule has 0 unspecified atom stereocenters. The molecule has 1 aliphatic heterocycles. The van der Waals surface area contributed by atoms with E-state index in [1.807, 2.05) is 32.0 Å². The van der Waals surface area contributed by atoms with Crippen LogP contribution in [0.3, 0.4) is 0 Å². The number of nitrogens with zero attached hydrogens (tertiary/aromatic N) is 3. The summed E-state index contributed by atoms with van der Waals surface area (Å²) in [5, 5.41) is 2.56. The molecule has 2 heterocycles. The fourth-order valence-electron chi connectivity index (χ4n) is 4.07. The fourth-order valence-corrected chi connectivity index (χ4v) is 4.07. The van der Waals surface area contributed by atoms with Crippen LogP contribution in [0.2, 0.25) is 0 Å². The zero-order valence-electron chi connectivity index (χ0n) is 18.3. The van der Waals surface area contributed by atoms with Crippen molar-refractivity contribution in [3.63, 3.8) is 0 Å². The van der Waals surface area contributed by atoms with E-state index in [1.54, 1.807) is 12.1 Å². The van der Waals surface area contributed by atoms with Crippen LogP contribution in [-0.2, 0) is 30.8 Å². The van der Waals surface area contributed by atoms with Gasteiger partial charge in [0.2, 0.25) is 5.91 Å². The molecule has 0 fully saturated rings. The Bertz CT molecular complexity index is 1170. The van der Waals surface area contributed by atoms with Crippen molar-refractivity contribution in [2.24, 2.45) is 0 Å². The topological polar surface area (TPSA) is 67.2 Å². The van der Waals surface area contributed by atoms with Crippen LogP contribution in [-0.4, -0.2) is 26.9 Å². The van der Waals surface area contributed by atoms with Gasteiger partial charge in [-0.3, -0.25) is 19.1 Å². The van der Waals surface area contributed by atoms with Crippen molar-refractivity contribution in [2.45, 2.75) is 45.8 Å². The van der Waals surface area contributed by atoms with Gasteiger partial charge in [0.05, 0.1) is 11.4 Å². The lowest BCUT2D eigenvalue weighted by Gasteiger charge is -2.29. The van der Waals surface area contributed by atoms with E-state index in [4.69, 9.17) is 4.98 Å². The molecule has 166 valence electrons. The maximum atomic E-state index is 13.9. The molecule has 0 saturated heterocycles. The number of hydrogen-bond acceptors (Lipinski definition) is 4. The molecule has 2 aromatic carbocycles. The maximum absolute atomic E-state index is 13.9. The van der Waals surface area contributed by atoms with Gasteiger partial charge in [0.15, 0.2) is 0 Å². The van der Waals surface area contributed by atoms with Crippen LogP contribution in [0.5, 0.6) is 0 Å². The normalized spacial score (nSPS) is 13.8. The minimum absolute atomic E-state index is 0.0428.